The molecule has 0 aliphatic rings. The van der Waals surface area contributed by atoms with E-state index in [-0.39, 0.29) is 0 Å². The number of unbranched alkanes of at least 4 members (excludes halogenated alkanes) is 36. The Morgan fingerprint density at radius 1 is 0.400 bits per heavy atom. The van der Waals surface area contributed by atoms with Crippen LogP contribution in [0.1, 0.15) is 284 Å². The Morgan fingerprint density at radius 2 is 0.700 bits per heavy atom. The van der Waals surface area contributed by atoms with Gasteiger partial charge in [0.2, 0.25) is 5.91 Å². The Kier molecular flexibility index (Phi) is 47.8. The van der Waals surface area contributed by atoms with Crippen molar-refractivity contribution in [1.82, 2.24) is 5.32 Å². The highest BCUT2D eigenvalue weighted by atomic mass is 16.3. The highest BCUT2D eigenvalue weighted by molar-refractivity contribution is 5.80. The average molecular weight is 848 g/mol. The van der Waals surface area contributed by atoms with E-state index >= 15 is 0 Å². The number of hydrogen-bond donors (Lipinski definition) is 5. The van der Waals surface area contributed by atoms with Gasteiger partial charge in [0.1, 0.15) is 12.2 Å². The zero-order valence-corrected chi connectivity index (χ0v) is 40.2. The van der Waals surface area contributed by atoms with Crippen molar-refractivity contribution in [3.05, 3.63) is 24.3 Å². The molecule has 0 saturated heterocycles. The number of allylic oxidation sites excluding steroid dienone is 4. The SMILES string of the molecule is CCCCCCCCCCCCCC/C=C/CC/C=C/CCCC(O)C(O)C(CO)NC(=O)C(O)CCCCCCCCCCCCCCCCCCCCCCCCC. The molecule has 0 spiro atoms. The molecule has 5 N–H and O–H groups in total. The van der Waals surface area contributed by atoms with Gasteiger partial charge in [0.05, 0.1) is 18.8 Å². The minimum absolute atomic E-state index is 0.364. The van der Waals surface area contributed by atoms with Gasteiger partial charge in [0.15, 0.2) is 0 Å². The van der Waals surface area contributed by atoms with Gasteiger partial charge in [-0.3, -0.25) is 4.79 Å². The van der Waals surface area contributed by atoms with Crippen LogP contribution in [0.4, 0.5) is 0 Å². The lowest BCUT2D eigenvalue weighted by molar-refractivity contribution is -0.132. The molecule has 0 aromatic carbocycles. The predicted molar refractivity (Wildman–Crippen MR) is 261 cm³/mol. The van der Waals surface area contributed by atoms with Crippen molar-refractivity contribution in [3.63, 3.8) is 0 Å². The molecular formula is C54H105NO5. The fourth-order valence-electron chi connectivity index (χ4n) is 8.42. The second-order valence-corrected chi connectivity index (χ2v) is 18.6. The number of hydrogen-bond acceptors (Lipinski definition) is 5. The predicted octanol–water partition coefficient (Wildman–Crippen LogP) is 15.1. The molecule has 4 atom stereocenters. The van der Waals surface area contributed by atoms with Gasteiger partial charge >= 0.3 is 0 Å². The Bertz CT molecular complexity index is 909. The molecule has 0 fully saturated rings. The molecule has 60 heavy (non-hydrogen) atoms. The van der Waals surface area contributed by atoms with Gasteiger partial charge < -0.3 is 25.7 Å². The molecule has 6 heteroatoms. The molecule has 6 nitrogen and oxygen atoms in total. The van der Waals surface area contributed by atoms with E-state index in [1.807, 2.05) is 0 Å². The lowest BCUT2D eigenvalue weighted by Crippen LogP contribution is -2.53. The first kappa shape index (κ1) is 58.8. The van der Waals surface area contributed by atoms with Crippen LogP contribution in [-0.4, -0.2) is 57.3 Å². The minimum Gasteiger partial charge on any atom is -0.394 e. The van der Waals surface area contributed by atoms with Crippen molar-refractivity contribution < 1.29 is 25.2 Å². The molecule has 0 radical (unpaired) electrons. The second kappa shape index (κ2) is 48.8. The van der Waals surface area contributed by atoms with Crippen LogP contribution >= 0.6 is 0 Å². The summed E-state index contributed by atoms with van der Waals surface area (Å²) in [5.41, 5.74) is 0. The summed E-state index contributed by atoms with van der Waals surface area (Å²) in [6.45, 7) is 4.07. The normalized spacial score (nSPS) is 14.0. The van der Waals surface area contributed by atoms with Gasteiger partial charge in [0, 0.05) is 0 Å². The average Bonchev–Trinajstić information content (AvgIpc) is 3.25. The van der Waals surface area contributed by atoms with Crippen molar-refractivity contribution in [3.8, 4) is 0 Å². The molecule has 0 saturated carbocycles. The molecule has 0 heterocycles. The van der Waals surface area contributed by atoms with Crippen molar-refractivity contribution in [2.75, 3.05) is 6.61 Å². The summed E-state index contributed by atoms with van der Waals surface area (Å²) in [7, 11) is 0. The van der Waals surface area contributed by atoms with E-state index in [0.29, 0.717) is 19.3 Å². The summed E-state index contributed by atoms with van der Waals surface area (Å²) < 4.78 is 0. The molecule has 0 aromatic rings. The Balaban J connectivity index is 3.69. The largest absolute Gasteiger partial charge is 0.394 e. The molecule has 0 bridgehead atoms. The van der Waals surface area contributed by atoms with Crippen LogP contribution in [0.25, 0.3) is 0 Å². The molecule has 4 unspecified atom stereocenters. The standard InChI is InChI=1S/C54H105NO5/c1-3-5-7-9-11-13-15-17-19-21-23-25-26-28-30-32-34-36-38-40-42-44-46-48-52(58)54(60)55-50(49-56)53(59)51(57)47-45-43-41-39-37-35-33-31-29-27-24-22-20-18-16-14-12-10-8-6-4-2/h31,33,39,41,50-53,56-59H,3-30,32,34-38,40,42-49H2,1-2H3,(H,55,60)/b33-31+,41-39+. The Morgan fingerprint density at radius 3 is 1.05 bits per heavy atom. The van der Waals surface area contributed by atoms with E-state index in [4.69, 9.17) is 0 Å². The number of nitrogens with one attached hydrogen (secondary N) is 1. The zero-order chi connectivity index (χ0) is 43.8. The molecule has 0 aliphatic carbocycles. The summed E-state index contributed by atoms with van der Waals surface area (Å²) in [4.78, 5) is 12.6. The van der Waals surface area contributed by atoms with Crippen LogP contribution in [-0.2, 0) is 4.79 Å². The van der Waals surface area contributed by atoms with Crippen LogP contribution in [0, 0.1) is 0 Å². The Labute approximate surface area is 374 Å². The van der Waals surface area contributed by atoms with Crippen molar-refractivity contribution in [1.29, 1.82) is 0 Å². The van der Waals surface area contributed by atoms with Gasteiger partial charge in [-0.1, -0.05) is 256 Å². The Hall–Kier alpha value is -1.21. The lowest BCUT2D eigenvalue weighted by atomic mass is 10.00. The fourth-order valence-corrected chi connectivity index (χ4v) is 8.42. The van der Waals surface area contributed by atoms with Gasteiger partial charge in [-0.05, 0) is 51.4 Å². The zero-order valence-electron chi connectivity index (χ0n) is 40.2. The van der Waals surface area contributed by atoms with Crippen LogP contribution in [0.5, 0.6) is 0 Å². The monoisotopic (exact) mass is 848 g/mol. The smallest absolute Gasteiger partial charge is 0.249 e. The molecule has 356 valence electrons. The van der Waals surface area contributed by atoms with Crippen molar-refractivity contribution in [2.45, 2.75) is 308 Å². The molecule has 0 aromatic heterocycles. The van der Waals surface area contributed by atoms with Crippen LogP contribution in [0.15, 0.2) is 24.3 Å². The summed E-state index contributed by atoms with van der Waals surface area (Å²) in [5, 5.41) is 43.9. The van der Waals surface area contributed by atoms with Crippen molar-refractivity contribution in [2.24, 2.45) is 0 Å². The maximum absolute atomic E-state index is 12.6. The number of aliphatic hydroxyl groups excluding tert-OH is 4. The molecule has 1 amide bonds. The first-order chi connectivity index (χ1) is 29.5. The summed E-state index contributed by atoms with van der Waals surface area (Å²) in [5.74, 6) is -0.592. The van der Waals surface area contributed by atoms with Gasteiger partial charge in [0.25, 0.3) is 0 Å². The highest BCUT2D eigenvalue weighted by Gasteiger charge is 2.28. The second-order valence-electron chi connectivity index (χ2n) is 18.6. The third kappa shape index (κ3) is 42.1. The summed E-state index contributed by atoms with van der Waals surface area (Å²) in [6.07, 6.45) is 58.1. The molecule has 0 rings (SSSR count). The molecular weight excluding hydrogens is 743 g/mol. The van der Waals surface area contributed by atoms with E-state index in [1.165, 1.54) is 212 Å². The quantitative estimate of drug-likeness (QED) is 0.0309. The van der Waals surface area contributed by atoms with Crippen molar-refractivity contribution >= 4 is 5.91 Å². The number of carbonyl (C=O) groups is 1. The first-order valence-corrected chi connectivity index (χ1v) is 26.7. The minimum atomic E-state index is -1.29. The van der Waals surface area contributed by atoms with Gasteiger partial charge in [-0.15, -0.1) is 0 Å². The third-order valence-corrected chi connectivity index (χ3v) is 12.6. The van der Waals surface area contributed by atoms with Crippen LogP contribution in [0.3, 0.4) is 0 Å². The maximum Gasteiger partial charge on any atom is 0.249 e. The van der Waals surface area contributed by atoms with Crippen LogP contribution < -0.4 is 5.32 Å². The van der Waals surface area contributed by atoms with Gasteiger partial charge in [-0.25, -0.2) is 0 Å². The summed E-state index contributed by atoms with van der Waals surface area (Å²) >= 11 is 0. The topological polar surface area (TPSA) is 110 Å². The van der Waals surface area contributed by atoms with E-state index in [2.05, 4.69) is 43.5 Å². The van der Waals surface area contributed by atoms with E-state index in [1.54, 1.807) is 0 Å². The number of amides is 1. The van der Waals surface area contributed by atoms with E-state index in [0.717, 1.165) is 38.5 Å². The first-order valence-electron chi connectivity index (χ1n) is 26.7. The van der Waals surface area contributed by atoms with Gasteiger partial charge in [-0.2, -0.15) is 0 Å². The van der Waals surface area contributed by atoms with E-state index in [9.17, 15) is 25.2 Å². The highest BCUT2D eigenvalue weighted by Crippen LogP contribution is 2.17. The fraction of sp³-hybridized carbons (Fsp3) is 0.907. The number of carbonyl (C=O) groups excluding carboxylic acids is 1. The lowest BCUT2D eigenvalue weighted by Gasteiger charge is -2.27. The van der Waals surface area contributed by atoms with Crippen LogP contribution in [0.2, 0.25) is 0 Å². The number of rotatable bonds is 49. The molecule has 0 aliphatic heterocycles. The third-order valence-electron chi connectivity index (χ3n) is 12.6. The summed E-state index contributed by atoms with van der Waals surface area (Å²) in [6, 6.07) is -1.01. The van der Waals surface area contributed by atoms with E-state index < -0.39 is 36.9 Å². The maximum atomic E-state index is 12.6. The number of aliphatic hydroxyl groups is 4.